The summed E-state index contributed by atoms with van der Waals surface area (Å²) < 4.78 is 5.55. The summed E-state index contributed by atoms with van der Waals surface area (Å²) in [5.41, 5.74) is 5.20. The molecule has 0 radical (unpaired) electrons. The average Bonchev–Trinajstić information content (AvgIpc) is 3.67. The van der Waals surface area contributed by atoms with Crippen LogP contribution in [0.4, 0.5) is 0 Å². The number of thiazole rings is 1. The summed E-state index contributed by atoms with van der Waals surface area (Å²) in [6.45, 7) is 8.00. The van der Waals surface area contributed by atoms with Gasteiger partial charge in [-0.3, -0.25) is 9.59 Å². The molecular weight excluding hydrogens is 498 g/mol. The number of aryl methyl sites for hydroxylation is 1. The van der Waals surface area contributed by atoms with Gasteiger partial charge in [0.15, 0.2) is 5.78 Å². The smallest absolute Gasteiger partial charge is 0.234 e. The minimum atomic E-state index is -0.961. The van der Waals surface area contributed by atoms with Crippen LogP contribution in [0.3, 0.4) is 0 Å². The summed E-state index contributed by atoms with van der Waals surface area (Å²) in [4.78, 5) is 34.4. The van der Waals surface area contributed by atoms with E-state index in [0.717, 1.165) is 34.5 Å². The van der Waals surface area contributed by atoms with Gasteiger partial charge in [-0.2, -0.15) is 0 Å². The number of ketones is 1. The standard InChI is InChI=1S/C27H32B2N4O4S/c1-14(2)24(21-11-23(29-28)32-37-21)26(36)33-12-18(34)9-20(33)19-10-22(35)27(4,31-19)17-7-5-16(6-8-17)25-15(3)30-13-38-25/h5-8,10-11,13-14,18,20,24,29,31,34H,9,12,28H2,1-4H3. The van der Waals surface area contributed by atoms with Gasteiger partial charge in [0.25, 0.3) is 0 Å². The first-order chi connectivity index (χ1) is 18.1. The van der Waals surface area contributed by atoms with Gasteiger partial charge in [0.05, 0.1) is 36.0 Å². The Morgan fingerprint density at radius 1 is 1.34 bits per heavy atom. The molecule has 196 valence electrons. The number of carbonyl (C=O) groups excluding carboxylic acids is 2. The van der Waals surface area contributed by atoms with E-state index in [1.165, 1.54) is 0 Å². The molecule has 4 atom stereocenters. The Morgan fingerprint density at radius 2 is 2.08 bits per heavy atom. The number of hydrogen-bond donors (Lipinski definition) is 2. The van der Waals surface area contributed by atoms with Crippen LogP contribution in [0.15, 0.2) is 52.1 Å². The Kier molecular flexibility index (Phi) is 7.09. The highest BCUT2D eigenvalue weighted by molar-refractivity contribution is 7.13. The van der Waals surface area contributed by atoms with Crippen LogP contribution in [0.25, 0.3) is 10.4 Å². The van der Waals surface area contributed by atoms with E-state index < -0.39 is 23.6 Å². The molecule has 0 spiro atoms. The highest BCUT2D eigenvalue weighted by Gasteiger charge is 2.47. The Labute approximate surface area is 228 Å². The van der Waals surface area contributed by atoms with Crippen molar-refractivity contribution in [3.63, 3.8) is 0 Å². The second kappa shape index (κ2) is 10.2. The van der Waals surface area contributed by atoms with Crippen molar-refractivity contribution in [2.45, 2.75) is 57.7 Å². The molecule has 4 unspecified atom stereocenters. The van der Waals surface area contributed by atoms with Crippen LogP contribution in [-0.4, -0.2) is 65.4 Å². The number of carbonyl (C=O) groups is 2. The molecule has 2 N–H and O–H groups in total. The maximum absolute atomic E-state index is 13.9. The van der Waals surface area contributed by atoms with Gasteiger partial charge in [0, 0.05) is 30.3 Å². The number of aliphatic hydroxyl groups is 1. The van der Waals surface area contributed by atoms with Gasteiger partial charge in [-0.25, -0.2) is 4.98 Å². The number of aromatic nitrogens is 2. The van der Waals surface area contributed by atoms with Crippen molar-refractivity contribution in [3.05, 3.63) is 64.6 Å². The molecule has 5 rings (SSSR count). The lowest BCUT2D eigenvalue weighted by Crippen LogP contribution is -2.46. The van der Waals surface area contributed by atoms with Crippen molar-refractivity contribution in [2.75, 3.05) is 6.54 Å². The number of benzene rings is 1. The van der Waals surface area contributed by atoms with Crippen molar-refractivity contribution >= 4 is 43.5 Å². The van der Waals surface area contributed by atoms with E-state index >= 15 is 0 Å². The number of β-amino-alcohol motifs (C(OH)–C–C–N with tert-alkyl or cyclic N) is 1. The zero-order chi connectivity index (χ0) is 27.2. The Bertz CT molecular complexity index is 1390. The molecule has 0 bridgehead atoms. The van der Waals surface area contributed by atoms with Gasteiger partial charge in [-0.1, -0.05) is 43.3 Å². The van der Waals surface area contributed by atoms with Crippen molar-refractivity contribution in [3.8, 4) is 10.4 Å². The van der Waals surface area contributed by atoms with E-state index in [-0.39, 0.29) is 24.2 Å². The number of nitrogens with zero attached hydrogens (tertiary/aromatic N) is 3. The highest BCUT2D eigenvalue weighted by atomic mass is 32.1. The number of aliphatic hydroxyl groups excluding tert-OH is 1. The minimum absolute atomic E-state index is 0.0309. The first-order valence-electron chi connectivity index (χ1n) is 13.1. The molecule has 2 aromatic heterocycles. The van der Waals surface area contributed by atoms with Crippen LogP contribution >= 0.6 is 11.3 Å². The zero-order valence-corrected chi connectivity index (χ0v) is 23.2. The lowest BCUT2D eigenvalue weighted by atomic mass is 9.53. The molecule has 0 aliphatic carbocycles. The molecule has 8 nitrogen and oxygen atoms in total. The van der Waals surface area contributed by atoms with Crippen molar-refractivity contribution < 1.29 is 19.2 Å². The highest BCUT2D eigenvalue weighted by Crippen LogP contribution is 2.37. The van der Waals surface area contributed by atoms with Gasteiger partial charge in [-0.15, -0.1) is 11.3 Å². The van der Waals surface area contributed by atoms with E-state index in [9.17, 15) is 14.7 Å². The Morgan fingerprint density at radius 3 is 2.68 bits per heavy atom. The molecule has 2 aliphatic heterocycles. The second-order valence-electron chi connectivity index (χ2n) is 10.7. The van der Waals surface area contributed by atoms with Gasteiger partial charge >= 0.3 is 0 Å². The Hall–Kier alpha value is -3.17. The largest absolute Gasteiger partial charge is 0.391 e. The average molecular weight is 530 g/mol. The summed E-state index contributed by atoms with van der Waals surface area (Å²) in [6.07, 6.45) is 1.28. The molecule has 4 heterocycles. The molecule has 0 saturated carbocycles. The number of hydrogen-bond acceptors (Lipinski definition) is 8. The molecule has 1 fully saturated rings. The van der Waals surface area contributed by atoms with Crippen molar-refractivity contribution in [2.24, 2.45) is 5.92 Å². The third-order valence-corrected chi connectivity index (χ3v) is 8.72. The van der Waals surface area contributed by atoms with Crippen LogP contribution in [0.5, 0.6) is 0 Å². The van der Waals surface area contributed by atoms with Crippen molar-refractivity contribution in [1.29, 1.82) is 0 Å². The molecule has 38 heavy (non-hydrogen) atoms. The lowest BCUT2D eigenvalue weighted by Gasteiger charge is -2.32. The summed E-state index contributed by atoms with van der Waals surface area (Å²) in [7, 11) is 2.71. The first kappa shape index (κ1) is 26.4. The maximum atomic E-state index is 13.9. The van der Waals surface area contributed by atoms with E-state index in [2.05, 4.69) is 15.5 Å². The van der Waals surface area contributed by atoms with Gasteiger partial charge in [0.1, 0.15) is 24.4 Å². The molecule has 1 aromatic carbocycles. The van der Waals surface area contributed by atoms with E-state index in [4.69, 9.17) is 4.52 Å². The summed E-state index contributed by atoms with van der Waals surface area (Å²) in [6, 6.07) is 9.36. The number of amides is 1. The van der Waals surface area contributed by atoms with Crippen molar-refractivity contribution in [1.82, 2.24) is 20.4 Å². The minimum Gasteiger partial charge on any atom is -0.391 e. The van der Waals surface area contributed by atoms with Crippen LogP contribution in [-0.2, 0) is 15.1 Å². The molecule has 2 aliphatic rings. The fraction of sp³-hybridized carbons (Fsp3) is 0.407. The number of nitrogens with one attached hydrogen (secondary N) is 1. The third-order valence-electron chi connectivity index (χ3n) is 7.74. The van der Waals surface area contributed by atoms with Crippen LogP contribution < -0.4 is 10.9 Å². The predicted octanol–water partition coefficient (Wildman–Crippen LogP) is 1.39. The van der Waals surface area contributed by atoms with Crippen LogP contribution in [0.1, 0.15) is 50.1 Å². The van der Waals surface area contributed by atoms with Crippen LogP contribution in [0.2, 0.25) is 0 Å². The monoisotopic (exact) mass is 530 g/mol. The van der Waals surface area contributed by atoms with Gasteiger partial charge < -0.3 is 19.8 Å². The summed E-state index contributed by atoms with van der Waals surface area (Å²) >= 11 is 1.59. The molecule has 1 amide bonds. The lowest BCUT2D eigenvalue weighted by molar-refractivity contribution is -0.135. The quantitative estimate of drug-likeness (QED) is 0.445. The second-order valence-corrected chi connectivity index (χ2v) is 11.6. The summed E-state index contributed by atoms with van der Waals surface area (Å²) in [5, 5.41) is 18.1. The fourth-order valence-electron chi connectivity index (χ4n) is 5.51. The fourth-order valence-corrected chi connectivity index (χ4v) is 6.32. The maximum Gasteiger partial charge on any atom is 0.234 e. The molecule has 1 saturated heterocycles. The van der Waals surface area contributed by atoms with Gasteiger partial charge in [-0.05, 0) is 37.0 Å². The van der Waals surface area contributed by atoms with Gasteiger partial charge in [0.2, 0.25) is 5.91 Å². The first-order valence-corrected chi connectivity index (χ1v) is 14.0. The number of likely N-dealkylation sites (tertiary alicyclic amines) is 1. The molecular formula is C27H32B2N4O4S. The SMILES string of the molecule is BBc1cc(C(C(=O)N2CC(O)CC2C2=CC(=O)C(C)(c3ccc(-c4scnc4C)cc3)N2)C(C)C)on1. The normalized spacial score (nSPS) is 24.0. The predicted molar refractivity (Wildman–Crippen MR) is 151 cm³/mol. The zero-order valence-electron chi connectivity index (χ0n) is 22.4. The van der Waals surface area contributed by atoms with E-state index in [1.54, 1.807) is 22.3 Å². The third kappa shape index (κ3) is 4.62. The summed E-state index contributed by atoms with van der Waals surface area (Å²) in [5.74, 6) is -0.230. The molecule has 3 aromatic rings. The number of rotatable bonds is 7. The topological polar surface area (TPSA) is 109 Å². The van der Waals surface area contributed by atoms with Crippen LogP contribution in [0, 0.1) is 12.8 Å². The molecule has 11 heteroatoms. The Balaban J connectivity index is 1.39. The van der Waals surface area contributed by atoms with E-state index in [1.807, 2.05) is 71.3 Å². The van der Waals surface area contributed by atoms with E-state index in [0.29, 0.717) is 17.9 Å².